The van der Waals surface area contributed by atoms with Crippen LogP contribution in [-0.4, -0.2) is 10.7 Å². The van der Waals surface area contributed by atoms with Crippen molar-refractivity contribution < 1.29 is 9.84 Å². The van der Waals surface area contributed by atoms with E-state index < -0.39 is 0 Å². The molecule has 1 N–H and O–H groups in total. The van der Waals surface area contributed by atoms with E-state index in [9.17, 15) is 5.11 Å². The fraction of sp³-hybridized carbons (Fsp3) is 0.727. The largest absolute Gasteiger partial charge is 0.512 e. The zero-order chi connectivity index (χ0) is 17.5. The van der Waals surface area contributed by atoms with Crippen molar-refractivity contribution >= 4 is 0 Å². The van der Waals surface area contributed by atoms with Crippen molar-refractivity contribution in [1.82, 2.24) is 0 Å². The number of aliphatic hydroxyl groups is 1. The molecule has 134 valence electrons. The lowest BCUT2D eigenvalue weighted by Crippen LogP contribution is -2.46. The third kappa shape index (κ3) is 2.93. The Balaban J connectivity index is 2.06. The van der Waals surface area contributed by atoms with Crippen molar-refractivity contribution in [3.63, 3.8) is 0 Å². The summed E-state index contributed by atoms with van der Waals surface area (Å²) in [7, 11) is 0. The molecule has 24 heavy (non-hydrogen) atoms. The SMILES string of the molecule is CCCC1(CCC)C=C2OC(C)(C)[C@@H]3CCC(C)=C[C@H]3C2=C(O)C1. The number of ether oxygens (including phenoxy) is 1. The molecule has 2 aliphatic carbocycles. The van der Waals surface area contributed by atoms with E-state index in [1.165, 1.54) is 5.57 Å². The molecule has 1 fully saturated rings. The monoisotopic (exact) mass is 330 g/mol. The molecule has 0 amide bonds. The Labute approximate surface area is 147 Å². The van der Waals surface area contributed by atoms with Crippen LogP contribution in [0.25, 0.3) is 0 Å². The van der Waals surface area contributed by atoms with Gasteiger partial charge in [0, 0.05) is 23.8 Å². The standard InChI is InChI=1S/C22H34O2/c1-6-10-22(11-7-2)13-18(23)20-16-12-15(3)8-9-17(16)21(4,5)24-19(20)14-22/h12,14,16-17,23H,6-11,13H2,1-5H3/t16-,17-/m1/s1. The number of aliphatic hydroxyl groups excluding tert-OH is 1. The van der Waals surface area contributed by atoms with Crippen LogP contribution in [0.15, 0.2) is 34.8 Å². The molecule has 0 saturated carbocycles. The summed E-state index contributed by atoms with van der Waals surface area (Å²) in [6, 6.07) is 0. The summed E-state index contributed by atoms with van der Waals surface area (Å²) < 4.78 is 6.51. The summed E-state index contributed by atoms with van der Waals surface area (Å²) in [6.45, 7) is 11.1. The van der Waals surface area contributed by atoms with Gasteiger partial charge in [-0.1, -0.05) is 38.3 Å². The predicted molar refractivity (Wildman–Crippen MR) is 99.7 cm³/mol. The lowest BCUT2D eigenvalue weighted by atomic mass is 9.63. The molecule has 0 aromatic carbocycles. The molecular weight excluding hydrogens is 296 g/mol. The zero-order valence-corrected chi connectivity index (χ0v) is 16.1. The summed E-state index contributed by atoms with van der Waals surface area (Å²) in [5.74, 6) is 2.33. The van der Waals surface area contributed by atoms with Gasteiger partial charge in [0.15, 0.2) is 0 Å². The molecule has 1 heterocycles. The van der Waals surface area contributed by atoms with Gasteiger partial charge in [0.25, 0.3) is 0 Å². The summed E-state index contributed by atoms with van der Waals surface area (Å²) in [5, 5.41) is 11.0. The van der Waals surface area contributed by atoms with Crippen molar-refractivity contribution in [2.24, 2.45) is 17.3 Å². The van der Waals surface area contributed by atoms with E-state index in [4.69, 9.17) is 4.74 Å². The van der Waals surface area contributed by atoms with E-state index in [1.807, 2.05) is 0 Å². The summed E-state index contributed by atoms with van der Waals surface area (Å²) >= 11 is 0. The van der Waals surface area contributed by atoms with E-state index in [2.05, 4.69) is 46.8 Å². The number of hydrogen-bond acceptors (Lipinski definition) is 2. The Morgan fingerprint density at radius 2 is 1.88 bits per heavy atom. The molecule has 0 unspecified atom stereocenters. The second-order valence-corrected chi connectivity index (χ2v) is 8.80. The van der Waals surface area contributed by atoms with Crippen molar-refractivity contribution in [3.8, 4) is 0 Å². The van der Waals surface area contributed by atoms with Crippen LogP contribution < -0.4 is 0 Å². The van der Waals surface area contributed by atoms with Crippen LogP contribution >= 0.6 is 0 Å². The highest BCUT2D eigenvalue weighted by molar-refractivity contribution is 5.43. The van der Waals surface area contributed by atoms with E-state index >= 15 is 0 Å². The van der Waals surface area contributed by atoms with Gasteiger partial charge in [-0.05, 0) is 57.9 Å². The molecule has 2 nitrogen and oxygen atoms in total. The molecule has 0 aromatic heterocycles. The van der Waals surface area contributed by atoms with E-state index in [0.717, 1.165) is 56.3 Å². The molecule has 1 saturated heterocycles. The zero-order valence-electron chi connectivity index (χ0n) is 16.1. The molecule has 1 aliphatic heterocycles. The van der Waals surface area contributed by atoms with Gasteiger partial charge in [-0.15, -0.1) is 0 Å². The Kier molecular flexibility index (Phi) is 4.61. The van der Waals surface area contributed by atoms with Crippen LogP contribution in [0.4, 0.5) is 0 Å². The van der Waals surface area contributed by atoms with E-state index in [0.29, 0.717) is 17.6 Å². The number of fused-ring (bicyclic) bond motifs is 3. The molecule has 0 spiro atoms. The smallest absolute Gasteiger partial charge is 0.123 e. The molecule has 2 atom stereocenters. The quantitative estimate of drug-likeness (QED) is 0.600. The van der Waals surface area contributed by atoms with Gasteiger partial charge < -0.3 is 9.84 Å². The maximum atomic E-state index is 11.0. The first kappa shape index (κ1) is 17.6. The lowest BCUT2D eigenvalue weighted by molar-refractivity contribution is -0.0582. The van der Waals surface area contributed by atoms with Gasteiger partial charge in [0.1, 0.15) is 17.1 Å². The molecular formula is C22H34O2. The van der Waals surface area contributed by atoms with Gasteiger partial charge in [0.2, 0.25) is 0 Å². The van der Waals surface area contributed by atoms with Crippen LogP contribution in [0.1, 0.15) is 79.6 Å². The Morgan fingerprint density at radius 1 is 1.21 bits per heavy atom. The van der Waals surface area contributed by atoms with Gasteiger partial charge in [0.05, 0.1) is 0 Å². The third-order valence-electron chi connectivity index (χ3n) is 6.38. The van der Waals surface area contributed by atoms with Crippen LogP contribution in [-0.2, 0) is 4.74 Å². The van der Waals surface area contributed by atoms with Gasteiger partial charge in [-0.25, -0.2) is 0 Å². The van der Waals surface area contributed by atoms with Crippen molar-refractivity contribution in [1.29, 1.82) is 0 Å². The first-order valence-corrected chi connectivity index (χ1v) is 9.83. The van der Waals surface area contributed by atoms with Crippen molar-refractivity contribution in [2.75, 3.05) is 0 Å². The average molecular weight is 331 g/mol. The maximum absolute atomic E-state index is 11.0. The number of allylic oxidation sites excluding steroid dienone is 5. The second kappa shape index (κ2) is 6.28. The first-order chi connectivity index (χ1) is 11.3. The van der Waals surface area contributed by atoms with Gasteiger partial charge in [-0.2, -0.15) is 0 Å². The second-order valence-electron chi connectivity index (χ2n) is 8.80. The lowest BCUT2D eigenvalue weighted by Gasteiger charge is -2.50. The normalized spacial score (nSPS) is 30.7. The van der Waals surface area contributed by atoms with Crippen LogP contribution in [0.5, 0.6) is 0 Å². The minimum Gasteiger partial charge on any atom is -0.512 e. The van der Waals surface area contributed by atoms with Crippen LogP contribution in [0, 0.1) is 17.3 Å². The van der Waals surface area contributed by atoms with Crippen molar-refractivity contribution in [2.45, 2.75) is 85.2 Å². The third-order valence-corrected chi connectivity index (χ3v) is 6.38. The Bertz CT molecular complexity index is 585. The molecule has 0 bridgehead atoms. The Hall–Kier alpha value is -1.18. The Morgan fingerprint density at radius 3 is 2.50 bits per heavy atom. The molecule has 3 aliphatic rings. The first-order valence-electron chi connectivity index (χ1n) is 9.83. The highest BCUT2D eigenvalue weighted by Crippen LogP contribution is 2.54. The number of hydrogen-bond donors (Lipinski definition) is 1. The fourth-order valence-corrected chi connectivity index (χ4v) is 5.35. The van der Waals surface area contributed by atoms with Crippen LogP contribution in [0.3, 0.4) is 0 Å². The summed E-state index contributed by atoms with van der Waals surface area (Å²) in [5.41, 5.74) is 2.44. The van der Waals surface area contributed by atoms with Crippen molar-refractivity contribution in [3.05, 3.63) is 34.8 Å². The maximum Gasteiger partial charge on any atom is 0.123 e. The predicted octanol–water partition coefficient (Wildman–Crippen LogP) is 6.45. The van der Waals surface area contributed by atoms with Gasteiger partial charge >= 0.3 is 0 Å². The molecule has 3 rings (SSSR count). The molecule has 2 heteroatoms. The summed E-state index contributed by atoms with van der Waals surface area (Å²) in [4.78, 5) is 0. The minimum atomic E-state index is -0.168. The van der Waals surface area contributed by atoms with E-state index in [1.54, 1.807) is 0 Å². The molecule has 0 aromatic rings. The topological polar surface area (TPSA) is 29.5 Å². The van der Waals surface area contributed by atoms with E-state index in [-0.39, 0.29) is 11.0 Å². The highest BCUT2D eigenvalue weighted by atomic mass is 16.5. The van der Waals surface area contributed by atoms with Crippen LogP contribution in [0.2, 0.25) is 0 Å². The number of rotatable bonds is 4. The minimum absolute atomic E-state index is 0.0722. The fourth-order valence-electron chi connectivity index (χ4n) is 5.35. The van der Waals surface area contributed by atoms with Gasteiger partial charge in [-0.3, -0.25) is 0 Å². The molecule has 0 radical (unpaired) electrons. The highest BCUT2D eigenvalue weighted by Gasteiger charge is 2.49. The summed E-state index contributed by atoms with van der Waals surface area (Å²) in [6.07, 6.45) is 12.4. The average Bonchev–Trinajstić information content (AvgIpc) is 2.45.